The second-order valence-corrected chi connectivity index (χ2v) is 8.54. The highest BCUT2D eigenvalue weighted by Crippen LogP contribution is 2.32. The molecule has 0 aliphatic rings. The Hall–Kier alpha value is -3.85. The van der Waals surface area contributed by atoms with Gasteiger partial charge in [-0.2, -0.15) is 0 Å². The van der Waals surface area contributed by atoms with Crippen LogP contribution in [0.5, 0.6) is 11.5 Å². The number of nitrogens with one attached hydrogen (secondary N) is 2. The van der Waals surface area contributed by atoms with E-state index >= 15 is 0 Å². The van der Waals surface area contributed by atoms with Crippen LogP contribution in [0, 0.1) is 0 Å². The maximum Gasteiger partial charge on any atom is 0.412 e. The number of hydrogen-bond donors (Lipinski definition) is 2. The highest BCUT2D eigenvalue weighted by Gasteiger charge is 2.21. The van der Waals surface area contributed by atoms with Gasteiger partial charge in [0, 0.05) is 17.7 Å². The highest BCUT2D eigenvalue weighted by molar-refractivity contribution is 6.34. The van der Waals surface area contributed by atoms with Crippen molar-refractivity contribution in [3.8, 4) is 22.8 Å². The third-order valence-electron chi connectivity index (χ3n) is 4.46. The topological polar surface area (TPSA) is 112 Å². The number of amides is 2. The van der Waals surface area contributed by atoms with Crippen molar-refractivity contribution in [2.24, 2.45) is 0 Å². The maximum absolute atomic E-state index is 13.0. The number of nitrogens with zero attached hydrogens (tertiary/aromatic N) is 2. The number of carbonyl (C=O) groups excluding carboxylic acids is 2. The average molecular weight is 485 g/mol. The predicted molar refractivity (Wildman–Crippen MR) is 130 cm³/mol. The van der Waals surface area contributed by atoms with E-state index < -0.39 is 17.6 Å². The number of methoxy groups -OCH3 is 2. The number of halogens is 1. The van der Waals surface area contributed by atoms with Crippen molar-refractivity contribution < 1.29 is 23.8 Å². The molecule has 10 heteroatoms. The molecule has 0 fully saturated rings. The summed E-state index contributed by atoms with van der Waals surface area (Å²) in [5, 5.41) is 5.41. The minimum absolute atomic E-state index is 0.137. The normalized spacial score (nSPS) is 10.9. The van der Waals surface area contributed by atoms with Crippen molar-refractivity contribution in [3.63, 3.8) is 0 Å². The fraction of sp³-hybridized carbons (Fsp3) is 0.250. The summed E-state index contributed by atoms with van der Waals surface area (Å²) in [7, 11) is 3.00. The molecule has 0 radical (unpaired) electrons. The third-order valence-corrected chi connectivity index (χ3v) is 4.78. The van der Waals surface area contributed by atoms with Crippen molar-refractivity contribution in [1.82, 2.24) is 9.97 Å². The van der Waals surface area contributed by atoms with Gasteiger partial charge in [-0.1, -0.05) is 11.6 Å². The molecule has 2 amide bonds. The van der Waals surface area contributed by atoms with Gasteiger partial charge in [-0.3, -0.25) is 10.1 Å². The summed E-state index contributed by atoms with van der Waals surface area (Å²) < 4.78 is 15.7. The number of aromatic nitrogens is 2. The Morgan fingerprint density at radius 2 is 1.65 bits per heavy atom. The van der Waals surface area contributed by atoms with E-state index in [1.807, 2.05) is 24.3 Å². The maximum atomic E-state index is 13.0. The summed E-state index contributed by atoms with van der Waals surface area (Å²) in [6.07, 6.45) is 0.674. The molecular weight excluding hydrogens is 460 g/mol. The van der Waals surface area contributed by atoms with Gasteiger partial charge in [0.25, 0.3) is 5.91 Å². The Balaban J connectivity index is 1.80. The number of hydrogen-bond acceptors (Lipinski definition) is 7. The van der Waals surface area contributed by atoms with Gasteiger partial charge < -0.3 is 19.5 Å². The summed E-state index contributed by atoms with van der Waals surface area (Å²) in [5.41, 5.74) is 1.18. The van der Waals surface area contributed by atoms with Crippen molar-refractivity contribution >= 4 is 35.1 Å². The summed E-state index contributed by atoms with van der Waals surface area (Å²) in [5.74, 6) is 0.721. The Morgan fingerprint density at radius 1 is 0.941 bits per heavy atom. The second-order valence-electron chi connectivity index (χ2n) is 8.13. The Bertz CT molecular complexity index is 1190. The summed E-state index contributed by atoms with van der Waals surface area (Å²) in [4.78, 5) is 33.4. The summed E-state index contributed by atoms with van der Waals surface area (Å²) in [6, 6.07) is 11.8. The number of benzene rings is 2. The van der Waals surface area contributed by atoms with Gasteiger partial charge >= 0.3 is 6.09 Å². The molecule has 0 atom stereocenters. The minimum atomic E-state index is -0.680. The molecule has 1 aromatic heterocycles. The zero-order valence-electron chi connectivity index (χ0n) is 19.4. The smallest absolute Gasteiger partial charge is 0.412 e. The average Bonchev–Trinajstić information content (AvgIpc) is 2.79. The Morgan fingerprint density at radius 3 is 2.26 bits per heavy atom. The number of anilines is 2. The number of carbonyl (C=O) groups is 2. The first-order chi connectivity index (χ1) is 16.1. The van der Waals surface area contributed by atoms with Crippen LogP contribution in [0.25, 0.3) is 11.3 Å². The molecule has 2 aromatic carbocycles. The van der Waals surface area contributed by atoms with Gasteiger partial charge in [-0.25, -0.2) is 14.8 Å². The summed E-state index contributed by atoms with van der Waals surface area (Å²) >= 11 is 6.31. The van der Waals surface area contributed by atoms with Crippen molar-refractivity contribution in [1.29, 1.82) is 0 Å². The van der Waals surface area contributed by atoms with Crippen molar-refractivity contribution in [2.75, 3.05) is 24.9 Å². The zero-order valence-corrected chi connectivity index (χ0v) is 20.2. The first kappa shape index (κ1) is 24.8. The Kier molecular flexibility index (Phi) is 7.57. The van der Waals surface area contributed by atoms with Crippen LogP contribution >= 0.6 is 11.6 Å². The van der Waals surface area contributed by atoms with Crippen LogP contribution < -0.4 is 20.1 Å². The lowest BCUT2D eigenvalue weighted by Crippen LogP contribution is -2.27. The fourth-order valence-electron chi connectivity index (χ4n) is 2.94. The van der Waals surface area contributed by atoms with Crippen molar-refractivity contribution in [2.45, 2.75) is 26.4 Å². The monoisotopic (exact) mass is 484 g/mol. The fourth-order valence-corrected chi connectivity index (χ4v) is 3.15. The number of rotatable bonds is 6. The van der Waals surface area contributed by atoms with Gasteiger partial charge in [0.05, 0.1) is 36.2 Å². The molecule has 0 unspecified atom stereocenters. The minimum Gasteiger partial charge on any atom is -0.497 e. The lowest BCUT2D eigenvalue weighted by Gasteiger charge is -2.20. The van der Waals surface area contributed by atoms with E-state index in [0.29, 0.717) is 11.5 Å². The van der Waals surface area contributed by atoms with E-state index in [4.69, 9.17) is 25.8 Å². The van der Waals surface area contributed by atoms with Crippen LogP contribution in [0.1, 0.15) is 31.1 Å². The van der Waals surface area contributed by atoms with Gasteiger partial charge in [-0.05, 0) is 51.1 Å². The van der Waals surface area contributed by atoms with Gasteiger partial charge in [0.1, 0.15) is 29.2 Å². The molecule has 2 N–H and O–H groups in total. The molecule has 0 aliphatic heterocycles. The molecule has 34 heavy (non-hydrogen) atoms. The van der Waals surface area contributed by atoms with E-state index in [9.17, 15) is 9.59 Å². The van der Waals surface area contributed by atoms with Gasteiger partial charge in [0.15, 0.2) is 0 Å². The Labute approximate surface area is 202 Å². The lowest BCUT2D eigenvalue weighted by atomic mass is 10.1. The quantitative estimate of drug-likeness (QED) is 0.480. The predicted octanol–water partition coefficient (Wildman–Crippen LogP) is 5.41. The van der Waals surface area contributed by atoms with E-state index in [1.165, 1.54) is 25.6 Å². The van der Waals surface area contributed by atoms with Crippen molar-refractivity contribution in [3.05, 3.63) is 59.4 Å². The molecule has 9 nitrogen and oxygen atoms in total. The molecule has 0 aliphatic carbocycles. The third kappa shape index (κ3) is 6.35. The van der Waals surface area contributed by atoms with Crippen LogP contribution in [0.4, 0.5) is 16.3 Å². The standard InChI is InChI=1S/C24H25ClN4O5/c1-24(2,3)34-23(31)28-19-11-20(33-5)16(10-17(19)25)22(30)29-21-12-18(26-13-27-21)14-6-8-15(32-4)9-7-14/h6-13H,1-5H3,(H,28,31)(H,26,27,29,30). The second kappa shape index (κ2) is 10.4. The largest absolute Gasteiger partial charge is 0.497 e. The molecule has 0 spiro atoms. The van der Waals surface area contributed by atoms with Crippen LogP contribution in [-0.4, -0.2) is 41.8 Å². The van der Waals surface area contributed by atoms with Crippen LogP contribution in [0.2, 0.25) is 5.02 Å². The molecule has 3 aromatic rings. The molecule has 3 rings (SSSR count). The molecule has 0 bridgehead atoms. The SMILES string of the molecule is COc1ccc(-c2cc(NC(=O)c3cc(Cl)c(NC(=O)OC(C)(C)C)cc3OC)ncn2)cc1. The van der Waals surface area contributed by atoms with Gasteiger partial charge in [0.2, 0.25) is 0 Å². The number of ether oxygens (including phenoxy) is 3. The summed E-state index contributed by atoms with van der Waals surface area (Å²) in [6.45, 7) is 5.24. The molecule has 1 heterocycles. The first-order valence-corrected chi connectivity index (χ1v) is 10.6. The molecule has 0 saturated heterocycles. The van der Waals surface area contributed by atoms with E-state index in [-0.39, 0.29) is 22.0 Å². The van der Waals surface area contributed by atoms with Crippen LogP contribution in [0.15, 0.2) is 48.8 Å². The van der Waals surface area contributed by atoms with Gasteiger partial charge in [-0.15, -0.1) is 0 Å². The lowest BCUT2D eigenvalue weighted by molar-refractivity contribution is 0.0635. The highest BCUT2D eigenvalue weighted by atomic mass is 35.5. The molecule has 0 saturated carbocycles. The molecule has 178 valence electrons. The van der Waals surface area contributed by atoms with Crippen LogP contribution in [0.3, 0.4) is 0 Å². The van der Waals surface area contributed by atoms with E-state index in [0.717, 1.165) is 11.3 Å². The zero-order chi connectivity index (χ0) is 24.9. The first-order valence-electron chi connectivity index (χ1n) is 10.2. The van der Waals surface area contributed by atoms with E-state index in [2.05, 4.69) is 20.6 Å². The van der Waals surface area contributed by atoms with E-state index in [1.54, 1.807) is 33.9 Å². The molecular formula is C24H25ClN4O5. The van der Waals surface area contributed by atoms with Crippen LogP contribution in [-0.2, 0) is 4.74 Å².